The number of nitrogens with two attached hydrogens (primary N) is 2. The Labute approximate surface area is 143 Å². The van der Waals surface area contributed by atoms with Crippen LogP contribution in [0.2, 0.25) is 0 Å². The third-order valence-electron chi connectivity index (χ3n) is 4.17. The smallest absolute Gasteiger partial charge is 0.220 e. The van der Waals surface area contributed by atoms with E-state index in [4.69, 9.17) is 16.7 Å². The minimum atomic E-state index is -0.442. The molecule has 0 unspecified atom stereocenters. The Hall–Kier alpha value is -1.82. The Morgan fingerprint density at radius 3 is 2.59 bits per heavy atom. The first-order chi connectivity index (χ1) is 10.6. The molecule has 22 heavy (non-hydrogen) atoms. The van der Waals surface area contributed by atoms with Crippen LogP contribution >= 0.6 is 22.6 Å². The van der Waals surface area contributed by atoms with Crippen LogP contribution in [-0.4, -0.2) is 17.6 Å². The Balaban J connectivity index is 2.10. The third kappa shape index (κ3) is 2.52. The number of anilines is 1. The maximum atomic E-state index is 9.04. The van der Waals surface area contributed by atoms with Crippen molar-refractivity contribution in [3.05, 3.63) is 27.3 Å². The molecule has 1 aromatic carbocycles. The van der Waals surface area contributed by atoms with Gasteiger partial charge in [-0.25, -0.2) is 4.99 Å². The van der Waals surface area contributed by atoms with E-state index < -0.39 is 5.66 Å². The summed E-state index contributed by atoms with van der Waals surface area (Å²) in [6.45, 7) is 0. The van der Waals surface area contributed by atoms with Crippen LogP contribution in [0.25, 0.3) is 0 Å². The van der Waals surface area contributed by atoms with E-state index in [0.29, 0.717) is 11.5 Å². The zero-order valence-corrected chi connectivity index (χ0v) is 14.2. The molecule has 1 spiro atoms. The number of aliphatic imine (C=N–C) groups is 2. The highest BCUT2D eigenvalue weighted by atomic mass is 127. The summed E-state index contributed by atoms with van der Waals surface area (Å²) >= 11 is 2.22. The van der Waals surface area contributed by atoms with Crippen molar-refractivity contribution < 1.29 is 0 Å². The average Bonchev–Trinajstić information content (AvgIpc) is 2.48. The fourth-order valence-electron chi connectivity index (χ4n) is 3.23. The van der Waals surface area contributed by atoms with Gasteiger partial charge in [-0.15, -0.1) is 0 Å². The van der Waals surface area contributed by atoms with E-state index in [-0.39, 0.29) is 5.96 Å². The van der Waals surface area contributed by atoms with Crippen molar-refractivity contribution in [1.82, 2.24) is 0 Å². The molecule has 1 saturated carbocycles. The van der Waals surface area contributed by atoms with Crippen LogP contribution in [0.5, 0.6) is 0 Å². The number of hydrogen-bond acceptors (Lipinski definition) is 6. The van der Waals surface area contributed by atoms with Crippen LogP contribution < -0.4 is 16.4 Å². The van der Waals surface area contributed by atoms with Crippen LogP contribution in [0.15, 0.2) is 28.2 Å². The van der Waals surface area contributed by atoms with Gasteiger partial charge in [-0.3, -0.25) is 4.90 Å². The number of nitriles is 1. The van der Waals surface area contributed by atoms with Gasteiger partial charge in [-0.1, -0.05) is 6.42 Å². The molecule has 1 aromatic rings. The second kappa shape index (κ2) is 5.76. The number of rotatable bonds is 1. The number of hydrogen-bond donors (Lipinski definition) is 2. The second-order valence-corrected chi connectivity index (χ2v) is 6.76. The topological polar surface area (TPSA) is 104 Å². The molecule has 2 aliphatic rings. The number of guanidine groups is 2. The maximum absolute atomic E-state index is 9.04. The van der Waals surface area contributed by atoms with E-state index in [0.717, 1.165) is 34.9 Å². The molecule has 0 saturated heterocycles. The average molecular weight is 408 g/mol. The quantitative estimate of drug-likeness (QED) is 0.696. The third-order valence-corrected chi connectivity index (χ3v) is 5.03. The maximum Gasteiger partial charge on any atom is 0.220 e. The number of halogens is 1. The van der Waals surface area contributed by atoms with Gasteiger partial charge in [0.1, 0.15) is 5.66 Å². The van der Waals surface area contributed by atoms with Gasteiger partial charge in [0.2, 0.25) is 11.9 Å². The predicted octanol–water partition coefficient (Wildman–Crippen LogP) is 2.27. The monoisotopic (exact) mass is 408 g/mol. The molecule has 3 rings (SSSR count). The summed E-state index contributed by atoms with van der Waals surface area (Å²) in [5, 5.41) is 9.04. The summed E-state index contributed by atoms with van der Waals surface area (Å²) in [6, 6.07) is 7.71. The lowest BCUT2D eigenvalue weighted by Gasteiger charge is -2.45. The van der Waals surface area contributed by atoms with Crippen molar-refractivity contribution in [1.29, 1.82) is 5.26 Å². The second-order valence-electron chi connectivity index (χ2n) is 5.60. The van der Waals surface area contributed by atoms with Crippen LogP contribution in [0.3, 0.4) is 0 Å². The first kappa shape index (κ1) is 15.1. The zero-order chi connectivity index (χ0) is 15.7. The van der Waals surface area contributed by atoms with E-state index in [2.05, 4.69) is 38.6 Å². The van der Waals surface area contributed by atoms with Gasteiger partial charge in [-0.05, 0) is 66.5 Å². The first-order valence-corrected chi connectivity index (χ1v) is 8.33. The Bertz CT molecular complexity index is 696. The van der Waals surface area contributed by atoms with E-state index in [1.54, 1.807) is 6.07 Å². The first-order valence-electron chi connectivity index (χ1n) is 7.25. The lowest BCUT2D eigenvalue weighted by atomic mass is 9.87. The fraction of sp³-hybridized carbons (Fsp3) is 0.400. The van der Waals surface area contributed by atoms with Crippen molar-refractivity contribution in [3.63, 3.8) is 0 Å². The molecule has 1 heterocycles. The number of benzene rings is 1. The lowest BCUT2D eigenvalue weighted by molar-refractivity contribution is 0.305. The SMILES string of the molecule is N#Cc1ccc(N2C(N)=NC(N)=NC23CCCCC3)c(I)c1. The molecular weight excluding hydrogens is 391 g/mol. The van der Waals surface area contributed by atoms with Crippen molar-refractivity contribution in [3.8, 4) is 6.07 Å². The van der Waals surface area contributed by atoms with Gasteiger partial charge in [0, 0.05) is 3.57 Å². The highest BCUT2D eigenvalue weighted by molar-refractivity contribution is 14.1. The summed E-state index contributed by atoms with van der Waals surface area (Å²) in [4.78, 5) is 10.8. The molecule has 114 valence electrons. The summed E-state index contributed by atoms with van der Waals surface area (Å²) in [6.07, 6.45) is 5.19. The highest BCUT2D eigenvalue weighted by Crippen LogP contribution is 2.40. The van der Waals surface area contributed by atoms with Gasteiger partial charge in [0.05, 0.1) is 17.3 Å². The number of nitrogens with zero attached hydrogens (tertiary/aromatic N) is 4. The van der Waals surface area contributed by atoms with Gasteiger partial charge in [0.15, 0.2) is 0 Å². The summed E-state index contributed by atoms with van der Waals surface area (Å²) in [5.74, 6) is 0.622. The molecule has 4 N–H and O–H groups in total. The summed E-state index contributed by atoms with van der Waals surface area (Å²) in [7, 11) is 0. The van der Waals surface area contributed by atoms with Crippen LogP contribution in [0.4, 0.5) is 5.69 Å². The highest BCUT2D eigenvalue weighted by Gasteiger charge is 2.43. The zero-order valence-electron chi connectivity index (χ0n) is 12.1. The molecule has 0 radical (unpaired) electrons. The lowest BCUT2D eigenvalue weighted by Crippen LogP contribution is -2.58. The van der Waals surface area contributed by atoms with Crippen LogP contribution in [-0.2, 0) is 0 Å². The molecule has 6 nitrogen and oxygen atoms in total. The van der Waals surface area contributed by atoms with Crippen LogP contribution in [0.1, 0.15) is 37.7 Å². The molecule has 0 atom stereocenters. The normalized spacial score (nSPS) is 20.3. The van der Waals surface area contributed by atoms with Gasteiger partial charge < -0.3 is 11.5 Å². The van der Waals surface area contributed by atoms with Gasteiger partial charge in [-0.2, -0.15) is 10.3 Å². The Morgan fingerprint density at radius 2 is 1.95 bits per heavy atom. The van der Waals surface area contributed by atoms with Crippen LogP contribution in [0, 0.1) is 14.9 Å². The van der Waals surface area contributed by atoms with Gasteiger partial charge >= 0.3 is 0 Å². The van der Waals surface area contributed by atoms with Crippen molar-refractivity contribution in [2.75, 3.05) is 4.90 Å². The van der Waals surface area contributed by atoms with E-state index in [1.165, 1.54) is 6.42 Å². The predicted molar refractivity (Wildman–Crippen MR) is 95.4 cm³/mol. The van der Waals surface area contributed by atoms with E-state index in [9.17, 15) is 0 Å². The molecular formula is C15H17IN6. The summed E-state index contributed by atoms with van der Waals surface area (Å²) in [5.41, 5.74) is 13.2. The molecule has 1 aliphatic heterocycles. The molecule has 1 fully saturated rings. The minimum absolute atomic E-state index is 0.249. The Kier molecular flexibility index (Phi) is 3.95. The molecule has 0 amide bonds. The fourth-order valence-corrected chi connectivity index (χ4v) is 3.98. The van der Waals surface area contributed by atoms with E-state index >= 15 is 0 Å². The van der Waals surface area contributed by atoms with Gasteiger partial charge in [0.25, 0.3) is 0 Å². The van der Waals surface area contributed by atoms with Crippen molar-refractivity contribution in [2.45, 2.75) is 37.8 Å². The largest absolute Gasteiger partial charge is 0.369 e. The molecule has 0 aromatic heterocycles. The molecule has 0 bridgehead atoms. The minimum Gasteiger partial charge on any atom is -0.369 e. The molecule has 7 heteroatoms. The Morgan fingerprint density at radius 1 is 1.23 bits per heavy atom. The van der Waals surface area contributed by atoms with E-state index in [1.807, 2.05) is 17.0 Å². The van der Waals surface area contributed by atoms with Crippen molar-refractivity contribution >= 4 is 40.2 Å². The molecule has 1 aliphatic carbocycles. The van der Waals surface area contributed by atoms with Crippen molar-refractivity contribution in [2.24, 2.45) is 21.5 Å². The standard InChI is InChI=1S/C15H17IN6/c16-11-8-10(9-17)4-5-12(11)22-14(19)20-13(18)21-15(22)6-2-1-3-7-15/h4-5,8H,1-3,6-7H2,(H4,18,19,20,21). The summed E-state index contributed by atoms with van der Waals surface area (Å²) < 4.78 is 0.954.